The molecule has 1 unspecified atom stereocenters. The van der Waals surface area contributed by atoms with Gasteiger partial charge >= 0.3 is 0 Å². The van der Waals surface area contributed by atoms with Crippen molar-refractivity contribution in [3.05, 3.63) is 123 Å². The normalized spacial score (nSPS) is 16.8. The van der Waals surface area contributed by atoms with Crippen LogP contribution in [-0.4, -0.2) is 16.8 Å². The largest absolute Gasteiger partial charge is 0.507 e. The standard InChI is InChI=1S/C29H21F2NO4S/c1-17-14-19(9-12-23(17)36-16-18-6-3-2-4-7-18)27(33)25-26(24-8-5-13-37-24)32(29(35)28(25)34)20-10-11-21(30)22(31)15-20/h2-15,26,33H,16H2,1H3/b27-25-. The second-order valence-corrected chi connectivity index (χ2v) is 9.52. The van der Waals surface area contributed by atoms with Gasteiger partial charge in [-0.3, -0.25) is 14.5 Å². The first kappa shape index (κ1) is 24.4. The Bertz CT molecular complexity index is 1520. The molecule has 0 spiro atoms. The smallest absolute Gasteiger partial charge is 0.300 e. The third kappa shape index (κ3) is 4.63. The molecule has 0 radical (unpaired) electrons. The Kier molecular flexibility index (Phi) is 6.58. The molecule has 1 aliphatic heterocycles. The number of carbonyl (C=O) groups excluding carboxylic acids is 2. The van der Waals surface area contributed by atoms with E-state index in [9.17, 15) is 23.5 Å². The minimum Gasteiger partial charge on any atom is -0.507 e. The van der Waals surface area contributed by atoms with E-state index in [0.717, 1.165) is 28.2 Å². The molecule has 186 valence electrons. The summed E-state index contributed by atoms with van der Waals surface area (Å²) in [6.07, 6.45) is 0. The van der Waals surface area contributed by atoms with Crippen LogP contribution >= 0.6 is 11.3 Å². The lowest BCUT2D eigenvalue weighted by Gasteiger charge is -2.24. The highest BCUT2D eigenvalue weighted by Gasteiger charge is 2.47. The van der Waals surface area contributed by atoms with Gasteiger partial charge in [-0.15, -0.1) is 11.3 Å². The van der Waals surface area contributed by atoms with Crippen molar-refractivity contribution in [1.29, 1.82) is 0 Å². The van der Waals surface area contributed by atoms with Crippen molar-refractivity contribution in [1.82, 2.24) is 0 Å². The van der Waals surface area contributed by atoms with Crippen LogP contribution < -0.4 is 9.64 Å². The number of aliphatic hydroxyl groups is 1. The number of benzene rings is 3. The number of thiophene rings is 1. The van der Waals surface area contributed by atoms with E-state index in [0.29, 0.717) is 22.8 Å². The summed E-state index contributed by atoms with van der Waals surface area (Å²) in [5.74, 6) is -3.82. The molecular formula is C29H21F2NO4S. The number of aliphatic hydroxyl groups excluding tert-OH is 1. The first-order valence-electron chi connectivity index (χ1n) is 11.4. The summed E-state index contributed by atoms with van der Waals surface area (Å²) in [5.41, 5.74) is 1.94. The maximum Gasteiger partial charge on any atom is 0.300 e. The predicted molar refractivity (Wildman–Crippen MR) is 137 cm³/mol. The van der Waals surface area contributed by atoms with Crippen molar-refractivity contribution in [2.75, 3.05) is 4.90 Å². The van der Waals surface area contributed by atoms with E-state index in [1.54, 1.807) is 35.7 Å². The zero-order valence-corrected chi connectivity index (χ0v) is 20.5. The number of nitrogens with zero attached hydrogens (tertiary/aromatic N) is 1. The molecule has 1 fully saturated rings. The number of rotatable bonds is 6. The molecule has 8 heteroatoms. The number of aryl methyl sites for hydroxylation is 1. The van der Waals surface area contributed by atoms with Crippen LogP contribution in [0.3, 0.4) is 0 Å². The number of amides is 1. The number of carbonyl (C=O) groups is 2. The van der Waals surface area contributed by atoms with E-state index in [1.807, 2.05) is 37.3 Å². The molecule has 5 rings (SSSR count). The number of Topliss-reactive ketones (excluding diaryl/α,β-unsaturated/α-hetero) is 1. The Hall–Kier alpha value is -4.30. The molecule has 2 heterocycles. The number of hydrogen-bond donors (Lipinski definition) is 1. The van der Waals surface area contributed by atoms with Crippen LogP contribution in [0, 0.1) is 18.6 Å². The lowest BCUT2D eigenvalue weighted by Crippen LogP contribution is -2.29. The molecule has 1 aliphatic rings. The topological polar surface area (TPSA) is 66.8 Å². The van der Waals surface area contributed by atoms with Gasteiger partial charge < -0.3 is 9.84 Å². The average molecular weight is 518 g/mol. The lowest BCUT2D eigenvalue weighted by molar-refractivity contribution is -0.132. The molecule has 1 amide bonds. The number of hydrogen-bond acceptors (Lipinski definition) is 5. The molecule has 0 aliphatic carbocycles. The minimum atomic E-state index is -1.15. The van der Waals surface area contributed by atoms with Gasteiger partial charge in [0.15, 0.2) is 11.6 Å². The molecule has 1 N–H and O–H groups in total. The summed E-state index contributed by atoms with van der Waals surface area (Å²) < 4.78 is 33.5. The highest BCUT2D eigenvalue weighted by atomic mass is 32.1. The number of ketones is 1. The van der Waals surface area contributed by atoms with Crippen LogP contribution in [0.5, 0.6) is 5.75 Å². The Morgan fingerprint density at radius 1 is 0.973 bits per heavy atom. The van der Waals surface area contributed by atoms with E-state index in [4.69, 9.17) is 4.74 Å². The van der Waals surface area contributed by atoms with Gasteiger partial charge in [0.2, 0.25) is 0 Å². The molecule has 37 heavy (non-hydrogen) atoms. The minimum absolute atomic E-state index is 0.0132. The van der Waals surface area contributed by atoms with Crippen LogP contribution in [0.2, 0.25) is 0 Å². The third-order valence-corrected chi connectivity index (χ3v) is 7.05. The van der Waals surface area contributed by atoms with Gasteiger partial charge in [0.1, 0.15) is 24.2 Å². The van der Waals surface area contributed by atoms with Gasteiger partial charge in [-0.05, 0) is 59.8 Å². The number of halogens is 2. The number of ether oxygens (including phenoxy) is 1. The van der Waals surface area contributed by atoms with Crippen molar-refractivity contribution in [3.8, 4) is 5.75 Å². The van der Waals surface area contributed by atoms with Crippen molar-refractivity contribution in [2.24, 2.45) is 0 Å². The van der Waals surface area contributed by atoms with E-state index in [2.05, 4.69) is 0 Å². The Morgan fingerprint density at radius 2 is 1.76 bits per heavy atom. The van der Waals surface area contributed by atoms with Crippen LogP contribution in [0.1, 0.15) is 27.6 Å². The van der Waals surface area contributed by atoms with Crippen molar-refractivity contribution >= 4 is 34.5 Å². The molecule has 3 aromatic carbocycles. The Morgan fingerprint density at radius 3 is 2.43 bits per heavy atom. The van der Waals surface area contributed by atoms with Crippen molar-refractivity contribution in [2.45, 2.75) is 19.6 Å². The monoisotopic (exact) mass is 517 g/mol. The fourth-order valence-electron chi connectivity index (χ4n) is 4.30. The van der Waals surface area contributed by atoms with E-state index in [1.165, 1.54) is 17.4 Å². The quantitative estimate of drug-likeness (QED) is 0.179. The summed E-state index contributed by atoms with van der Waals surface area (Å²) in [7, 11) is 0. The first-order valence-corrected chi connectivity index (χ1v) is 12.3. The van der Waals surface area contributed by atoms with Gasteiger partial charge in [-0.2, -0.15) is 0 Å². The molecule has 5 nitrogen and oxygen atoms in total. The molecular weight excluding hydrogens is 496 g/mol. The van der Waals surface area contributed by atoms with Gasteiger partial charge in [0.05, 0.1) is 5.57 Å². The average Bonchev–Trinajstić information content (AvgIpc) is 3.52. The van der Waals surface area contributed by atoms with E-state index < -0.39 is 29.4 Å². The summed E-state index contributed by atoms with van der Waals surface area (Å²) in [5, 5.41) is 13.0. The van der Waals surface area contributed by atoms with Gasteiger partial charge in [-0.25, -0.2) is 8.78 Å². The highest BCUT2D eigenvalue weighted by molar-refractivity contribution is 7.10. The van der Waals surface area contributed by atoms with Gasteiger partial charge in [0, 0.05) is 22.2 Å². The molecule has 1 saturated heterocycles. The van der Waals surface area contributed by atoms with Crippen LogP contribution in [0.4, 0.5) is 14.5 Å². The molecule has 0 bridgehead atoms. The maximum atomic E-state index is 14.0. The first-order chi connectivity index (χ1) is 17.8. The molecule has 0 saturated carbocycles. The zero-order chi connectivity index (χ0) is 26.1. The Balaban J connectivity index is 1.53. The highest BCUT2D eigenvalue weighted by Crippen LogP contribution is 2.44. The summed E-state index contributed by atoms with van der Waals surface area (Å²) >= 11 is 1.28. The fraction of sp³-hybridized carbons (Fsp3) is 0.103. The third-order valence-electron chi connectivity index (χ3n) is 6.12. The van der Waals surface area contributed by atoms with E-state index in [-0.39, 0.29) is 17.0 Å². The second-order valence-electron chi connectivity index (χ2n) is 8.54. The second kappa shape index (κ2) is 9.99. The van der Waals surface area contributed by atoms with Crippen LogP contribution in [0.15, 0.2) is 89.8 Å². The summed E-state index contributed by atoms with van der Waals surface area (Å²) in [6.45, 7) is 2.18. The fourth-order valence-corrected chi connectivity index (χ4v) is 5.12. The Labute approximate surface area is 215 Å². The molecule has 1 atom stereocenters. The summed E-state index contributed by atoms with van der Waals surface area (Å²) in [4.78, 5) is 27.9. The lowest BCUT2D eigenvalue weighted by atomic mass is 9.98. The van der Waals surface area contributed by atoms with Gasteiger partial charge in [0.25, 0.3) is 11.7 Å². The summed E-state index contributed by atoms with van der Waals surface area (Å²) in [6, 6.07) is 20.1. The molecule has 1 aromatic heterocycles. The SMILES string of the molecule is Cc1cc(/C(O)=C2/C(=O)C(=O)N(c3ccc(F)c(F)c3)C2c2cccs2)ccc1OCc1ccccc1. The van der Waals surface area contributed by atoms with Crippen molar-refractivity contribution in [3.63, 3.8) is 0 Å². The number of anilines is 1. The van der Waals surface area contributed by atoms with E-state index >= 15 is 0 Å². The predicted octanol–water partition coefficient (Wildman–Crippen LogP) is 6.54. The van der Waals surface area contributed by atoms with Crippen molar-refractivity contribution < 1.29 is 28.2 Å². The molecule has 4 aromatic rings. The van der Waals surface area contributed by atoms with Crippen LogP contribution in [0.25, 0.3) is 5.76 Å². The zero-order valence-electron chi connectivity index (χ0n) is 19.7. The van der Waals surface area contributed by atoms with Crippen LogP contribution in [-0.2, 0) is 16.2 Å². The maximum absolute atomic E-state index is 14.0. The van der Waals surface area contributed by atoms with Gasteiger partial charge in [-0.1, -0.05) is 36.4 Å².